The first-order valence-electron chi connectivity index (χ1n) is 6.17. The van der Waals surface area contributed by atoms with Crippen LogP contribution >= 0.6 is 11.6 Å². The Kier molecular flexibility index (Phi) is 3.90. The number of carbonyl (C=O) groups excluding carboxylic acids is 1. The van der Waals surface area contributed by atoms with Crippen LogP contribution in [0.15, 0.2) is 24.4 Å². The lowest BCUT2D eigenvalue weighted by atomic mass is 10.0. The average Bonchev–Trinajstić information content (AvgIpc) is 2.74. The zero-order valence-electron chi connectivity index (χ0n) is 11.0. The number of nitrogens with zero attached hydrogens (tertiary/aromatic N) is 2. The lowest BCUT2D eigenvalue weighted by molar-refractivity contribution is 0.102. The zero-order valence-corrected chi connectivity index (χ0v) is 11.7. The van der Waals surface area contributed by atoms with Crippen LogP contribution in [0.5, 0.6) is 0 Å². The van der Waals surface area contributed by atoms with Crippen LogP contribution in [0.1, 0.15) is 35.0 Å². The molecule has 0 aliphatic carbocycles. The van der Waals surface area contributed by atoms with Crippen LogP contribution in [0.3, 0.4) is 0 Å². The molecule has 2 rings (SSSR count). The van der Waals surface area contributed by atoms with Gasteiger partial charge >= 0.3 is 0 Å². The molecule has 5 heteroatoms. The quantitative estimate of drug-likeness (QED) is 0.690. The third-order valence-corrected chi connectivity index (χ3v) is 3.34. The summed E-state index contributed by atoms with van der Waals surface area (Å²) in [7, 11) is 0. The summed E-state index contributed by atoms with van der Waals surface area (Å²) in [5, 5.41) is 4.51. The van der Waals surface area contributed by atoms with E-state index in [1.807, 2.05) is 13.8 Å². The number of benzene rings is 1. The minimum Gasteiger partial charge on any atom is -0.398 e. The van der Waals surface area contributed by atoms with Gasteiger partial charge in [0.2, 0.25) is 5.78 Å². The predicted octanol–water partition coefficient (Wildman–Crippen LogP) is 3.07. The molecule has 1 heterocycles. The number of anilines is 1. The maximum atomic E-state index is 12.6. The largest absolute Gasteiger partial charge is 0.398 e. The Hall–Kier alpha value is -1.81. The molecule has 0 saturated heterocycles. The number of hydrogen-bond acceptors (Lipinski definition) is 3. The normalized spacial score (nSPS) is 10.7. The second-order valence-electron chi connectivity index (χ2n) is 4.41. The van der Waals surface area contributed by atoms with E-state index in [2.05, 4.69) is 5.10 Å². The van der Waals surface area contributed by atoms with Crippen molar-refractivity contribution >= 4 is 23.1 Å². The molecule has 0 fully saturated rings. The van der Waals surface area contributed by atoms with Gasteiger partial charge in [-0.25, -0.2) is 0 Å². The van der Waals surface area contributed by atoms with Crippen molar-refractivity contribution in [3.63, 3.8) is 0 Å². The fourth-order valence-corrected chi connectivity index (χ4v) is 2.22. The van der Waals surface area contributed by atoms with Crippen LogP contribution in [0.2, 0.25) is 5.02 Å². The number of nitrogen functional groups attached to an aromatic ring is 1. The minimum absolute atomic E-state index is 0.138. The molecular weight excluding hydrogens is 262 g/mol. The van der Waals surface area contributed by atoms with Crippen molar-refractivity contribution in [2.75, 3.05) is 5.73 Å². The smallest absolute Gasteiger partial charge is 0.212 e. The number of aryl methyl sites for hydroxylation is 1. The molecule has 0 bridgehead atoms. The second-order valence-corrected chi connectivity index (χ2v) is 4.82. The Labute approximate surface area is 117 Å². The van der Waals surface area contributed by atoms with Gasteiger partial charge in [-0.05, 0) is 25.0 Å². The van der Waals surface area contributed by atoms with E-state index in [4.69, 9.17) is 17.3 Å². The average molecular weight is 278 g/mol. The van der Waals surface area contributed by atoms with Crippen LogP contribution in [0, 0.1) is 6.92 Å². The lowest BCUT2D eigenvalue weighted by Gasteiger charge is -2.09. The Morgan fingerprint density at radius 3 is 2.89 bits per heavy atom. The number of nitrogens with two attached hydrogens (primary N) is 1. The third kappa shape index (κ3) is 2.49. The van der Waals surface area contributed by atoms with Crippen LogP contribution in [-0.2, 0) is 6.54 Å². The first kappa shape index (κ1) is 13.6. The molecule has 0 radical (unpaired) electrons. The minimum atomic E-state index is -0.138. The van der Waals surface area contributed by atoms with Crippen molar-refractivity contribution in [3.8, 4) is 0 Å². The standard InChI is InChI=1S/C14H16ClN3O/c1-3-7-18-13(11(15)8-17-18)14(19)10-5-4-6-12(16)9(10)2/h4-6,8H,3,7,16H2,1-2H3. The fraction of sp³-hybridized carbons (Fsp3) is 0.286. The first-order valence-corrected chi connectivity index (χ1v) is 6.55. The van der Waals surface area contributed by atoms with Gasteiger partial charge in [0.25, 0.3) is 0 Å². The molecule has 0 saturated carbocycles. The highest BCUT2D eigenvalue weighted by Gasteiger charge is 2.20. The van der Waals surface area contributed by atoms with Crippen LogP contribution in [-0.4, -0.2) is 15.6 Å². The Bertz CT molecular complexity index is 619. The third-order valence-electron chi connectivity index (χ3n) is 3.07. The summed E-state index contributed by atoms with van der Waals surface area (Å²) in [5.74, 6) is -0.138. The van der Waals surface area contributed by atoms with Gasteiger partial charge in [-0.2, -0.15) is 5.10 Å². The van der Waals surface area contributed by atoms with Gasteiger partial charge < -0.3 is 5.73 Å². The molecule has 0 amide bonds. The molecule has 0 atom stereocenters. The summed E-state index contributed by atoms with van der Waals surface area (Å²) >= 11 is 6.08. The molecule has 0 aliphatic heterocycles. The number of aromatic nitrogens is 2. The Morgan fingerprint density at radius 2 is 2.21 bits per heavy atom. The molecule has 100 valence electrons. The summed E-state index contributed by atoms with van der Waals surface area (Å²) in [6, 6.07) is 5.30. The molecule has 1 aromatic carbocycles. The topological polar surface area (TPSA) is 60.9 Å². The summed E-state index contributed by atoms with van der Waals surface area (Å²) in [4.78, 5) is 12.6. The summed E-state index contributed by atoms with van der Waals surface area (Å²) in [6.45, 7) is 4.52. The van der Waals surface area contributed by atoms with Crippen LogP contribution in [0.25, 0.3) is 0 Å². The predicted molar refractivity (Wildman–Crippen MR) is 76.6 cm³/mol. The van der Waals surface area contributed by atoms with Gasteiger partial charge in [0.05, 0.1) is 11.2 Å². The van der Waals surface area contributed by atoms with Crippen molar-refractivity contribution in [3.05, 3.63) is 46.2 Å². The number of carbonyl (C=O) groups is 1. The lowest BCUT2D eigenvalue weighted by Crippen LogP contribution is -2.13. The molecular formula is C14H16ClN3O. The Balaban J connectivity index is 2.50. The highest BCUT2D eigenvalue weighted by molar-refractivity contribution is 6.34. The van der Waals surface area contributed by atoms with Gasteiger partial charge in [0.15, 0.2) is 0 Å². The molecule has 2 aromatic rings. The maximum Gasteiger partial charge on any atom is 0.212 e. The molecule has 2 N–H and O–H groups in total. The Morgan fingerprint density at radius 1 is 1.47 bits per heavy atom. The number of ketones is 1. The van der Waals surface area contributed by atoms with E-state index in [9.17, 15) is 4.79 Å². The summed E-state index contributed by atoms with van der Waals surface area (Å²) in [5.41, 5.74) is 8.21. The monoisotopic (exact) mass is 277 g/mol. The highest BCUT2D eigenvalue weighted by Crippen LogP contribution is 2.23. The van der Waals surface area contributed by atoms with E-state index in [1.54, 1.807) is 22.9 Å². The van der Waals surface area contributed by atoms with Crippen molar-refractivity contribution in [1.29, 1.82) is 0 Å². The SMILES string of the molecule is CCCn1ncc(Cl)c1C(=O)c1cccc(N)c1C. The van der Waals surface area contributed by atoms with Crippen molar-refractivity contribution in [1.82, 2.24) is 9.78 Å². The number of halogens is 1. The highest BCUT2D eigenvalue weighted by atomic mass is 35.5. The molecule has 0 unspecified atom stereocenters. The van der Waals surface area contributed by atoms with E-state index in [0.29, 0.717) is 28.5 Å². The van der Waals surface area contributed by atoms with E-state index in [1.165, 1.54) is 6.20 Å². The molecule has 1 aromatic heterocycles. The summed E-state index contributed by atoms with van der Waals surface area (Å²) in [6.07, 6.45) is 2.39. The van der Waals surface area contributed by atoms with Crippen LogP contribution < -0.4 is 5.73 Å². The molecule has 0 aliphatic rings. The zero-order chi connectivity index (χ0) is 14.0. The van der Waals surface area contributed by atoms with Crippen molar-refractivity contribution in [2.45, 2.75) is 26.8 Å². The van der Waals surface area contributed by atoms with E-state index < -0.39 is 0 Å². The molecule has 4 nitrogen and oxygen atoms in total. The molecule has 0 spiro atoms. The maximum absolute atomic E-state index is 12.6. The number of rotatable bonds is 4. The molecule has 19 heavy (non-hydrogen) atoms. The van der Waals surface area contributed by atoms with E-state index in [-0.39, 0.29) is 5.78 Å². The van der Waals surface area contributed by atoms with E-state index in [0.717, 1.165) is 12.0 Å². The van der Waals surface area contributed by atoms with Crippen molar-refractivity contribution < 1.29 is 4.79 Å². The fourth-order valence-electron chi connectivity index (χ4n) is 2.00. The van der Waals surface area contributed by atoms with Gasteiger partial charge in [-0.1, -0.05) is 30.7 Å². The van der Waals surface area contributed by atoms with Gasteiger partial charge in [0.1, 0.15) is 5.69 Å². The van der Waals surface area contributed by atoms with E-state index >= 15 is 0 Å². The van der Waals surface area contributed by atoms with Crippen molar-refractivity contribution in [2.24, 2.45) is 0 Å². The summed E-state index contributed by atoms with van der Waals surface area (Å²) < 4.78 is 1.65. The van der Waals surface area contributed by atoms with Gasteiger partial charge in [-0.3, -0.25) is 9.48 Å². The van der Waals surface area contributed by atoms with Gasteiger partial charge in [-0.15, -0.1) is 0 Å². The van der Waals surface area contributed by atoms with Crippen LogP contribution in [0.4, 0.5) is 5.69 Å². The van der Waals surface area contributed by atoms with Gasteiger partial charge in [0, 0.05) is 17.8 Å². The first-order chi connectivity index (χ1) is 9.06. The number of hydrogen-bond donors (Lipinski definition) is 1. The second kappa shape index (κ2) is 5.45.